The molecule has 0 radical (unpaired) electrons. The second-order valence-corrected chi connectivity index (χ2v) is 9.19. The molecule has 5 heterocycles. The molecule has 0 aliphatic carbocycles. The second kappa shape index (κ2) is 8.39. The van der Waals surface area contributed by atoms with Crippen molar-refractivity contribution in [3.63, 3.8) is 0 Å². The van der Waals surface area contributed by atoms with Crippen molar-refractivity contribution < 1.29 is 4.79 Å². The first kappa shape index (κ1) is 20.1. The largest absolute Gasteiger partial charge is 0.353 e. The van der Waals surface area contributed by atoms with Gasteiger partial charge in [-0.15, -0.1) is 11.3 Å². The van der Waals surface area contributed by atoms with E-state index in [0.29, 0.717) is 0 Å². The fraction of sp³-hybridized carbons (Fsp3) is 0.455. The molecule has 0 aromatic carbocycles. The number of aromatic nitrogens is 3. The van der Waals surface area contributed by atoms with Crippen molar-refractivity contribution in [3.8, 4) is 0 Å². The van der Waals surface area contributed by atoms with Crippen molar-refractivity contribution >= 4 is 39.1 Å². The number of hydrogen-bond acceptors (Lipinski definition) is 8. The lowest BCUT2D eigenvalue weighted by Crippen LogP contribution is -2.47. The molecule has 1 amide bonds. The Kier molecular flexibility index (Phi) is 5.45. The number of pyridine rings is 1. The molecule has 3 aromatic heterocycles. The molecule has 0 spiro atoms. The van der Waals surface area contributed by atoms with Gasteiger partial charge in [-0.05, 0) is 31.7 Å². The number of carbonyl (C=O) groups is 1. The number of nitrogens with zero attached hydrogens (tertiary/aromatic N) is 7. The molecular formula is C22H27N7OS. The van der Waals surface area contributed by atoms with E-state index in [2.05, 4.69) is 42.8 Å². The van der Waals surface area contributed by atoms with E-state index < -0.39 is 0 Å². The maximum atomic E-state index is 13.2. The van der Waals surface area contributed by atoms with Gasteiger partial charge in [0.15, 0.2) is 0 Å². The molecule has 5 rings (SSSR count). The Morgan fingerprint density at radius 1 is 0.935 bits per heavy atom. The van der Waals surface area contributed by atoms with Crippen molar-refractivity contribution in [2.75, 3.05) is 69.2 Å². The van der Waals surface area contributed by atoms with E-state index in [0.717, 1.165) is 84.7 Å². The second-order valence-electron chi connectivity index (χ2n) is 8.19. The lowest BCUT2D eigenvalue weighted by molar-refractivity contribution is 0.0668. The molecule has 0 unspecified atom stereocenters. The average Bonchev–Trinajstić information content (AvgIpc) is 3.16. The number of aryl methyl sites for hydroxylation is 1. The Bertz CT molecular complexity index is 1070. The van der Waals surface area contributed by atoms with E-state index in [9.17, 15) is 4.79 Å². The van der Waals surface area contributed by atoms with Gasteiger partial charge in [0.1, 0.15) is 22.8 Å². The van der Waals surface area contributed by atoms with Crippen LogP contribution in [0.4, 0.5) is 11.6 Å². The predicted molar refractivity (Wildman–Crippen MR) is 124 cm³/mol. The van der Waals surface area contributed by atoms with E-state index in [1.165, 1.54) is 11.3 Å². The average molecular weight is 438 g/mol. The highest BCUT2D eigenvalue weighted by molar-refractivity contribution is 7.20. The summed E-state index contributed by atoms with van der Waals surface area (Å²) in [6.45, 7) is 8.92. The molecule has 162 valence electrons. The minimum atomic E-state index is 0.125. The molecule has 2 saturated heterocycles. The van der Waals surface area contributed by atoms with E-state index >= 15 is 0 Å². The van der Waals surface area contributed by atoms with E-state index in [-0.39, 0.29) is 5.91 Å². The third-order valence-electron chi connectivity index (χ3n) is 6.24. The summed E-state index contributed by atoms with van der Waals surface area (Å²) in [6.07, 6.45) is 3.46. The van der Waals surface area contributed by atoms with Gasteiger partial charge >= 0.3 is 0 Å². The van der Waals surface area contributed by atoms with Crippen molar-refractivity contribution in [2.45, 2.75) is 6.92 Å². The fourth-order valence-electron chi connectivity index (χ4n) is 4.34. The lowest BCUT2D eigenvalue weighted by Gasteiger charge is -2.36. The summed E-state index contributed by atoms with van der Waals surface area (Å²) in [7, 11) is 2.10. The number of anilines is 2. The summed E-state index contributed by atoms with van der Waals surface area (Å²) in [5.41, 5.74) is 1.01. The van der Waals surface area contributed by atoms with Crippen LogP contribution in [0.5, 0.6) is 0 Å². The summed E-state index contributed by atoms with van der Waals surface area (Å²) < 4.78 is 0. The van der Waals surface area contributed by atoms with Crippen molar-refractivity contribution in [1.29, 1.82) is 0 Å². The van der Waals surface area contributed by atoms with Crippen LogP contribution in [0.2, 0.25) is 0 Å². The molecule has 2 aliphatic rings. The molecule has 0 saturated carbocycles. The summed E-state index contributed by atoms with van der Waals surface area (Å²) in [5, 5.41) is 1.02. The summed E-state index contributed by atoms with van der Waals surface area (Å²) in [6, 6.07) is 6.02. The molecule has 31 heavy (non-hydrogen) atoms. The highest BCUT2D eigenvalue weighted by Crippen LogP contribution is 2.36. The van der Waals surface area contributed by atoms with Crippen LogP contribution >= 0.6 is 11.3 Å². The van der Waals surface area contributed by atoms with Gasteiger partial charge in [0.2, 0.25) is 0 Å². The third-order valence-corrected chi connectivity index (χ3v) is 7.43. The van der Waals surface area contributed by atoms with E-state index in [1.807, 2.05) is 30.2 Å². The van der Waals surface area contributed by atoms with Crippen LogP contribution < -0.4 is 9.80 Å². The maximum absolute atomic E-state index is 13.2. The van der Waals surface area contributed by atoms with Gasteiger partial charge in [0, 0.05) is 58.6 Å². The Hall–Kier alpha value is -2.78. The Balaban J connectivity index is 1.39. The van der Waals surface area contributed by atoms with Crippen LogP contribution in [0.3, 0.4) is 0 Å². The molecular weight excluding hydrogens is 410 g/mol. The van der Waals surface area contributed by atoms with E-state index in [1.54, 1.807) is 6.33 Å². The van der Waals surface area contributed by atoms with Gasteiger partial charge in [0.25, 0.3) is 5.91 Å². The summed E-state index contributed by atoms with van der Waals surface area (Å²) in [4.78, 5) is 37.4. The van der Waals surface area contributed by atoms with Gasteiger partial charge < -0.3 is 19.6 Å². The number of thiophene rings is 1. The number of fused-ring (bicyclic) bond motifs is 1. The van der Waals surface area contributed by atoms with Gasteiger partial charge in [-0.3, -0.25) is 4.79 Å². The van der Waals surface area contributed by atoms with Crippen LogP contribution in [-0.4, -0.2) is 90.1 Å². The van der Waals surface area contributed by atoms with Crippen LogP contribution in [-0.2, 0) is 0 Å². The Morgan fingerprint density at radius 3 is 2.39 bits per heavy atom. The topological polar surface area (TPSA) is 68.7 Å². The Labute approximate surface area is 186 Å². The first-order valence-corrected chi connectivity index (χ1v) is 11.6. The number of rotatable bonds is 3. The van der Waals surface area contributed by atoms with Gasteiger partial charge in [0.05, 0.1) is 10.3 Å². The van der Waals surface area contributed by atoms with E-state index in [4.69, 9.17) is 0 Å². The quantitative estimate of drug-likeness (QED) is 0.622. The standard InChI is InChI=1S/C22H27N7OS/c1-16-18-20(28-13-11-27(12-14-28)17-5-3-4-6-23-17)24-15-25-21(18)31-19(16)22(30)29-9-7-26(2)8-10-29/h3-6,15H,7-14H2,1-2H3. The zero-order valence-corrected chi connectivity index (χ0v) is 18.8. The number of piperazine rings is 2. The minimum Gasteiger partial charge on any atom is -0.353 e. The third kappa shape index (κ3) is 3.83. The molecule has 8 nitrogen and oxygen atoms in total. The van der Waals surface area contributed by atoms with Crippen molar-refractivity contribution in [2.24, 2.45) is 0 Å². The first-order valence-electron chi connectivity index (χ1n) is 10.7. The zero-order valence-electron chi connectivity index (χ0n) is 18.0. The molecule has 0 N–H and O–H groups in total. The number of amides is 1. The number of carbonyl (C=O) groups excluding carboxylic acids is 1. The summed E-state index contributed by atoms with van der Waals surface area (Å²) in [5.74, 6) is 2.08. The van der Waals surface area contributed by atoms with Crippen molar-refractivity contribution in [3.05, 3.63) is 41.2 Å². The van der Waals surface area contributed by atoms with Crippen molar-refractivity contribution in [1.82, 2.24) is 24.8 Å². The number of likely N-dealkylation sites (N-methyl/N-ethyl adjacent to an activating group) is 1. The van der Waals surface area contributed by atoms with Crippen LogP contribution in [0.15, 0.2) is 30.7 Å². The minimum absolute atomic E-state index is 0.125. The molecule has 0 bridgehead atoms. The highest BCUT2D eigenvalue weighted by atomic mass is 32.1. The first-order chi connectivity index (χ1) is 15.1. The summed E-state index contributed by atoms with van der Waals surface area (Å²) >= 11 is 1.50. The van der Waals surface area contributed by atoms with Gasteiger partial charge in [-0.25, -0.2) is 15.0 Å². The monoisotopic (exact) mass is 437 g/mol. The predicted octanol–water partition coefficient (Wildman–Crippen LogP) is 2.11. The highest BCUT2D eigenvalue weighted by Gasteiger charge is 2.28. The Morgan fingerprint density at radius 2 is 1.68 bits per heavy atom. The van der Waals surface area contributed by atoms with Crippen LogP contribution in [0.1, 0.15) is 15.2 Å². The maximum Gasteiger partial charge on any atom is 0.264 e. The van der Waals surface area contributed by atoms with Crippen LogP contribution in [0.25, 0.3) is 10.2 Å². The lowest BCUT2D eigenvalue weighted by atomic mass is 10.1. The smallest absolute Gasteiger partial charge is 0.264 e. The number of hydrogen-bond donors (Lipinski definition) is 0. The molecule has 2 aliphatic heterocycles. The van der Waals surface area contributed by atoms with Gasteiger partial charge in [-0.1, -0.05) is 6.07 Å². The fourth-order valence-corrected chi connectivity index (χ4v) is 5.45. The molecule has 2 fully saturated rings. The van der Waals surface area contributed by atoms with Gasteiger partial charge in [-0.2, -0.15) is 0 Å². The molecule has 9 heteroatoms. The molecule has 0 atom stereocenters. The normalized spacial score (nSPS) is 18.1. The SMILES string of the molecule is Cc1c(C(=O)N2CCN(C)CC2)sc2ncnc(N3CCN(c4ccccn4)CC3)c12. The van der Waals surface area contributed by atoms with Crippen LogP contribution in [0, 0.1) is 6.92 Å². The molecule has 3 aromatic rings. The zero-order chi connectivity index (χ0) is 21.4.